The lowest BCUT2D eigenvalue weighted by atomic mass is 10.1. The second-order valence-corrected chi connectivity index (χ2v) is 9.71. The zero-order valence-corrected chi connectivity index (χ0v) is 18.6. The van der Waals surface area contributed by atoms with E-state index in [9.17, 15) is 13.2 Å². The van der Waals surface area contributed by atoms with E-state index in [1.807, 2.05) is 24.4 Å². The monoisotopic (exact) mass is 458 g/mol. The summed E-state index contributed by atoms with van der Waals surface area (Å²) in [5, 5.41) is 3.21. The number of imidazole rings is 1. The molecule has 4 rings (SSSR count). The van der Waals surface area contributed by atoms with Crippen molar-refractivity contribution in [3.05, 3.63) is 65.6 Å². The summed E-state index contributed by atoms with van der Waals surface area (Å²) in [5.41, 5.74) is 2.34. The predicted octanol–water partition coefficient (Wildman–Crippen LogP) is 3.85. The van der Waals surface area contributed by atoms with Crippen molar-refractivity contribution in [1.82, 2.24) is 14.3 Å². The van der Waals surface area contributed by atoms with Crippen molar-refractivity contribution in [2.75, 3.05) is 5.32 Å². The Morgan fingerprint density at radius 2 is 1.94 bits per heavy atom. The maximum absolute atomic E-state index is 12.6. The van der Waals surface area contributed by atoms with Crippen LogP contribution in [0.5, 0.6) is 0 Å². The standard InChI is InChI=1S/C22H23ClN4O3S/c1-15(26-31(29,30)19-10-8-17(23)9-11-19)22(28)24-18-6-4-5-16(13-18)20-14-27-12-3-2-7-21(27)25-20/h4-6,8-11,13-15,26H,2-3,7,12H2,1H3,(H,24,28)/t15-/m0/s1. The maximum Gasteiger partial charge on any atom is 0.242 e. The fourth-order valence-corrected chi connectivity index (χ4v) is 4.86. The molecule has 1 aromatic heterocycles. The highest BCUT2D eigenvalue weighted by atomic mass is 35.5. The van der Waals surface area contributed by atoms with Crippen LogP contribution in [0.25, 0.3) is 11.3 Å². The van der Waals surface area contributed by atoms with Crippen molar-refractivity contribution < 1.29 is 13.2 Å². The molecule has 9 heteroatoms. The van der Waals surface area contributed by atoms with Crippen LogP contribution in [0.15, 0.2) is 59.6 Å². The third-order valence-corrected chi connectivity index (χ3v) is 6.99. The smallest absolute Gasteiger partial charge is 0.242 e. The van der Waals surface area contributed by atoms with E-state index in [-0.39, 0.29) is 4.90 Å². The third kappa shape index (κ3) is 4.98. The van der Waals surface area contributed by atoms with E-state index in [1.165, 1.54) is 31.2 Å². The Morgan fingerprint density at radius 3 is 2.68 bits per heavy atom. The Bertz CT molecular complexity index is 1180. The topological polar surface area (TPSA) is 93.1 Å². The summed E-state index contributed by atoms with van der Waals surface area (Å²) in [6.07, 6.45) is 5.32. The molecule has 0 fully saturated rings. The molecule has 0 bridgehead atoms. The Labute approximate surface area is 186 Å². The summed E-state index contributed by atoms with van der Waals surface area (Å²) in [5.74, 6) is 0.625. The molecule has 2 N–H and O–H groups in total. The number of hydrogen-bond acceptors (Lipinski definition) is 4. The number of sulfonamides is 1. The van der Waals surface area contributed by atoms with Gasteiger partial charge in [0.1, 0.15) is 5.82 Å². The van der Waals surface area contributed by atoms with Crippen LogP contribution in [0, 0.1) is 0 Å². The Balaban J connectivity index is 1.45. The number of aryl methyl sites for hydroxylation is 2. The maximum atomic E-state index is 12.6. The van der Waals surface area contributed by atoms with Gasteiger partial charge in [0, 0.05) is 35.4 Å². The largest absolute Gasteiger partial charge is 0.334 e. The van der Waals surface area contributed by atoms with Gasteiger partial charge < -0.3 is 9.88 Å². The summed E-state index contributed by atoms with van der Waals surface area (Å²) in [6.45, 7) is 2.47. The number of amides is 1. The fraction of sp³-hybridized carbons (Fsp3) is 0.273. The van der Waals surface area contributed by atoms with Gasteiger partial charge in [-0.15, -0.1) is 0 Å². The van der Waals surface area contributed by atoms with Gasteiger partial charge in [0.15, 0.2) is 0 Å². The summed E-state index contributed by atoms with van der Waals surface area (Å²) in [7, 11) is -3.85. The molecule has 0 radical (unpaired) electrons. The van der Waals surface area contributed by atoms with Crippen LogP contribution in [-0.2, 0) is 27.8 Å². The highest BCUT2D eigenvalue weighted by Crippen LogP contribution is 2.25. The van der Waals surface area contributed by atoms with Gasteiger partial charge in [-0.1, -0.05) is 23.7 Å². The lowest BCUT2D eigenvalue weighted by Crippen LogP contribution is -2.41. The zero-order valence-electron chi connectivity index (χ0n) is 17.0. The summed E-state index contributed by atoms with van der Waals surface area (Å²) < 4.78 is 29.6. The van der Waals surface area contributed by atoms with Gasteiger partial charge in [0.25, 0.3) is 0 Å². The molecule has 31 heavy (non-hydrogen) atoms. The van der Waals surface area contributed by atoms with Gasteiger partial charge in [0.2, 0.25) is 15.9 Å². The van der Waals surface area contributed by atoms with Crippen LogP contribution in [0.4, 0.5) is 5.69 Å². The molecule has 1 atom stereocenters. The molecule has 2 heterocycles. The highest BCUT2D eigenvalue weighted by molar-refractivity contribution is 7.89. The van der Waals surface area contributed by atoms with E-state index >= 15 is 0 Å². The molecule has 0 saturated heterocycles. The van der Waals surface area contributed by atoms with Crippen LogP contribution >= 0.6 is 11.6 Å². The van der Waals surface area contributed by atoms with Gasteiger partial charge in [0.05, 0.1) is 16.6 Å². The molecule has 0 aliphatic carbocycles. The molecule has 3 aromatic rings. The number of carbonyl (C=O) groups excluding carboxylic acids is 1. The molecule has 7 nitrogen and oxygen atoms in total. The van der Waals surface area contributed by atoms with Crippen molar-refractivity contribution in [2.24, 2.45) is 0 Å². The van der Waals surface area contributed by atoms with Gasteiger partial charge in [-0.3, -0.25) is 4.79 Å². The fourth-order valence-electron chi connectivity index (χ4n) is 3.53. The van der Waals surface area contributed by atoms with Crippen LogP contribution in [0.3, 0.4) is 0 Å². The number of rotatable bonds is 6. The van der Waals surface area contributed by atoms with Crippen LogP contribution in [0.2, 0.25) is 5.02 Å². The van der Waals surface area contributed by atoms with E-state index < -0.39 is 22.0 Å². The molecule has 0 saturated carbocycles. The van der Waals surface area contributed by atoms with Crippen molar-refractivity contribution in [2.45, 2.75) is 43.7 Å². The SMILES string of the molecule is C[C@H](NS(=O)(=O)c1ccc(Cl)cc1)C(=O)Nc1cccc(-c2cn3c(n2)CCCC3)c1. The zero-order chi connectivity index (χ0) is 22.0. The molecular weight excluding hydrogens is 436 g/mol. The number of benzene rings is 2. The third-order valence-electron chi connectivity index (χ3n) is 5.18. The molecule has 1 aliphatic heterocycles. The second kappa shape index (κ2) is 8.82. The number of anilines is 1. The molecule has 0 spiro atoms. The second-order valence-electron chi connectivity index (χ2n) is 7.56. The van der Waals surface area contributed by atoms with E-state index in [1.54, 1.807) is 6.07 Å². The van der Waals surface area contributed by atoms with E-state index in [2.05, 4.69) is 14.6 Å². The number of nitrogens with zero attached hydrogens (tertiary/aromatic N) is 2. The first-order valence-corrected chi connectivity index (χ1v) is 11.9. The quantitative estimate of drug-likeness (QED) is 0.586. The number of nitrogens with one attached hydrogen (secondary N) is 2. The Morgan fingerprint density at radius 1 is 1.16 bits per heavy atom. The summed E-state index contributed by atoms with van der Waals surface area (Å²) in [4.78, 5) is 17.4. The predicted molar refractivity (Wildman–Crippen MR) is 120 cm³/mol. The van der Waals surface area contributed by atoms with Gasteiger partial charge in [-0.25, -0.2) is 13.4 Å². The van der Waals surface area contributed by atoms with Gasteiger partial charge >= 0.3 is 0 Å². The lowest BCUT2D eigenvalue weighted by molar-refractivity contribution is -0.117. The molecule has 2 aromatic carbocycles. The average Bonchev–Trinajstić information content (AvgIpc) is 3.18. The van der Waals surface area contributed by atoms with Crippen molar-refractivity contribution in [3.8, 4) is 11.3 Å². The number of fused-ring (bicyclic) bond motifs is 1. The van der Waals surface area contributed by atoms with E-state index in [0.29, 0.717) is 10.7 Å². The van der Waals surface area contributed by atoms with Crippen LogP contribution in [-0.4, -0.2) is 29.9 Å². The van der Waals surface area contributed by atoms with Crippen LogP contribution < -0.4 is 10.0 Å². The Hall–Kier alpha value is -2.68. The van der Waals surface area contributed by atoms with Gasteiger partial charge in [-0.2, -0.15) is 4.72 Å². The van der Waals surface area contributed by atoms with Crippen molar-refractivity contribution in [3.63, 3.8) is 0 Å². The number of aromatic nitrogens is 2. The minimum absolute atomic E-state index is 0.0438. The number of hydrogen-bond donors (Lipinski definition) is 2. The molecule has 162 valence electrons. The first kappa shape index (κ1) is 21.5. The number of halogens is 1. The van der Waals surface area contributed by atoms with Crippen molar-refractivity contribution >= 4 is 33.2 Å². The Kier molecular flexibility index (Phi) is 6.13. The summed E-state index contributed by atoms with van der Waals surface area (Å²) >= 11 is 5.81. The minimum atomic E-state index is -3.85. The normalized spacial score (nSPS) is 14.6. The first-order chi connectivity index (χ1) is 14.8. The minimum Gasteiger partial charge on any atom is -0.334 e. The molecule has 1 aliphatic rings. The van der Waals surface area contributed by atoms with E-state index in [4.69, 9.17) is 16.6 Å². The van der Waals surface area contributed by atoms with Crippen LogP contribution in [0.1, 0.15) is 25.6 Å². The van der Waals surface area contributed by atoms with Crippen molar-refractivity contribution in [1.29, 1.82) is 0 Å². The van der Waals surface area contributed by atoms with E-state index in [0.717, 1.165) is 42.9 Å². The average molecular weight is 459 g/mol. The lowest BCUT2D eigenvalue weighted by Gasteiger charge is -2.15. The molecular formula is C22H23ClN4O3S. The molecule has 1 amide bonds. The first-order valence-electron chi connectivity index (χ1n) is 10.1. The van der Waals surface area contributed by atoms with Gasteiger partial charge in [-0.05, 0) is 56.2 Å². The molecule has 0 unspecified atom stereocenters. The number of carbonyl (C=O) groups is 1. The summed E-state index contributed by atoms with van der Waals surface area (Å²) in [6, 6.07) is 12.2. The highest BCUT2D eigenvalue weighted by Gasteiger charge is 2.22.